The normalized spacial score (nSPS) is 21.4. The summed E-state index contributed by atoms with van der Waals surface area (Å²) in [5.74, 6) is 0.425. The monoisotopic (exact) mass is 334 g/mol. The average molecular weight is 334 g/mol. The van der Waals surface area contributed by atoms with Crippen LogP contribution < -0.4 is 14.5 Å². The second-order valence-corrected chi connectivity index (χ2v) is 7.04. The van der Waals surface area contributed by atoms with E-state index in [1.165, 1.54) is 44.9 Å². The zero-order valence-electron chi connectivity index (χ0n) is 14.7. The zero-order valence-corrected chi connectivity index (χ0v) is 14.7. The maximum Gasteiger partial charge on any atom is 0.311 e. The fraction of sp³-hybridized carbons (Fsp3) is 0.667. The van der Waals surface area contributed by atoms with Crippen molar-refractivity contribution in [1.82, 2.24) is 9.80 Å². The number of hydrogen-bond donors (Lipinski definition) is 1. The highest BCUT2D eigenvalue weighted by Crippen LogP contribution is 2.43. The van der Waals surface area contributed by atoms with E-state index >= 15 is 0 Å². The van der Waals surface area contributed by atoms with Gasteiger partial charge < -0.3 is 10.1 Å². The number of piperidine rings is 2. The molecule has 2 heterocycles. The first-order valence-corrected chi connectivity index (χ1v) is 9.00. The lowest BCUT2D eigenvalue weighted by Crippen LogP contribution is -2.62. The van der Waals surface area contributed by atoms with Gasteiger partial charge in [0.15, 0.2) is 0 Å². The van der Waals surface area contributed by atoms with Gasteiger partial charge in [-0.3, -0.25) is 14.6 Å². The van der Waals surface area contributed by atoms with Crippen molar-refractivity contribution in [2.45, 2.75) is 45.1 Å². The molecule has 1 aromatic rings. The van der Waals surface area contributed by atoms with E-state index in [0.717, 1.165) is 36.2 Å². The molecule has 2 fully saturated rings. The molecule has 2 aliphatic heterocycles. The van der Waals surface area contributed by atoms with Gasteiger partial charge in [-0.05, 0) is 26.2 Å². The van der Waals surface area contributed by atoms with Crippen molar-refractivity contribution >= 4 is 11.4 Å². The first kappa shape index (κ1) is 17.2. The van der Waals surface area contributed by atoms with Gasteiger partial charge >= 0.3 is 5.69 Å². The molecule has 0 radical (unpaired) electrons. The minimum Gasteiger partial charge on any atom is -0.490 e. The van der Waals surface area contributed by atoms with Gasteiger partial charge in [0.1, 0.15) is 5.69 Å². The highest BCUT2D eigenvalue weighted by molar-refractivity contribution is 5.65. The van der Waals surface area contributed by atoms with Gasteiger partial charge in [-0.2, -0.15) is 0 Å². The number of rotatable bonds is 4. The third-order valence-electron chi connectivity index (χ3n) is 5.86. The molecule has 2 saturated heterocycles. The standard InChI is InChI=1S/C18H28N3O3/c1-14-17(7-6-16(20(22)23)18(14)24-2)21(12-4-3-5-13-21)15-8-10-19-11-9-15/h6-7,15,19H,3-5,8-13H2,1-2H3/q+1. The van der Waals surface area contributed by atoms with Crippen LogP contribution in [0.15, 0.2) is 12.1 Å². The molecule has 0 aromatic heterocycles. The smallest absolute Gasteiger partial charge is 0.311 e. The Bertz CT molecular complexity index is 606. The van der Waals surface area contributed by atoms with E-state index in [9.17, 15) is 10.1 Å². The molecule has 0 unspecified atom stereocenters. The van der Waals surface area contributed by atoms with Crippen LogP contribution >= 0.6 is 0 Å². The number of nitrogens with zero attached hydrogens (tertiary/aromatic N) is 2. The highest BCUT2D eigenvalue weighted by Gasteiger charge is 2.43. The van der Waals surface area contributed by atoms with Gasteiger partial charge in [0.2, 0.25) is 5.75 Å². The summed E-state index contributed by atoms with van der Waals surface area (Å²) in [4.78, 5) is 11.0. The molecule has 132 valence electrons. The summed E-state index contributed by atoms with van der Waals surface area (Å²) in [6.07, 6.45) is 6.07. The molecule has 6 heteroatoms. The first-order valence-electron chi connectivity index (χ1n) is 9.00. The summed E-state index contributed by atoms with van der Waals surface area (Å²) in [7, 11) is 1.53. The van der Waals surface area contributed by atoms with Crippen LogP contribution in [-0.4, -0.2) is 44.3 Å². The topological polar surface area (TPSA) is 64.4 Å². The molecule has 2 aliphatic rings. The Labute approximate surface area is 143 Å². The Morgan fingerprint density at radius 2 is 1.88 bits per heavy atom. The van der Waals surface area contributed by atoms with E-state index in [1.807, 2.05) is 13.0 Å². The van der Waals surface area contributed by atoms with E-state index < -0.39 is 0 Å². The van der Waals surface area contributed by atoms with Crippen molar-refractivity contribution in [2.24, 2.45) is 0 Å². The summed E-state index contributed by atoms with van der Waals surface area (Å²) in [5.41, 5.74) is 2.23. The molecule has 0 aliphatic carbocycles. The Hall–Kier alpha value is -1.66. The van der Waals surface area contributed by atoms with Crippen molar-refractivity contribution in [1.29, 1.82) is 0 Å². The molecule has 0 atom stereocenters. The lowest BCUT2D eigenvalue weighted by Gasteiger charge is -2.49. The van der Waals surface area contributed by atoms with Gasteiger partial charge in [-0.25, -0.2) is 0 Å². The van der Waals surface area contributed by atoms with Crippen LogP contribution in [0, 0.1) is 17.0 Å². The number of ether oxygens (including phenoxy) is 1. The summed E-state index contributed by atoms with van der Waals surface area (Å²) in [6.45, 7) is 6.37. The molecular weight excluding hydrogens is 306 g/mol. The van der Waals surface area contributed by atoms with Crippen LogP contribution in [0.4, 0.5) is 11.4 Å². The summed E-state index contributed by atoms with van der Waals surface area (Å²) in [5, 5.41) is 14.8. The number of methoxy groups -OCH3 is 1. The highest BCUT2D eigenvalue weighted by atomic mass is 16.6. The van der Waals surface area contributed by atoms with Crippen molar-refractivity contribution in [3.63, 3.8) is 0 Å². The SMILES string of the molecule is COc1c([N+](=O)[O-])ccc([N+]2(C3CCNCC3)CCCCC2)c1C. The first-order chi connectivity index (χ1) is 11.6. The van der Waals surface area contributed by atoms with Gasteiger partial charge in [-0.1, -0.05) is 0 Å². The molecule has 1 aromatic carbocycles. The maximum atomic E-state index is 11.3. The molecular formula is C18H28N3O3+. The second-order valence-electron chi connectivity index (χ2n) is 7.04. The third kappa shape index (κ3) is 2.89. The average Bonchev–Trinajstić information content (AvgIpc) is 2.62. The van der Waals surface area contributed by atoms with Crippen LogP contribution in [0.5, 0.6) is 5.75 Å². The Morgan fingerprint density at radius 3 is 2.46 bits per heavy atom. The van der Waals surface area contributed by atoms with E-state index in [2.05, 4.69) is 5.32 Å². The van der Waals surface area contributed by atoms with E-state index in [4.69, 9.17) is 4.74 Å². The lowest BCUT2D eigenvalue weighted by atomic mass is 9.93. The van der Waals surface area contributed by atoms with E-state index in [-0.39, 0.29) is 10.6 Å². The molecule has 0 bridgehead atoms. The van der Waals surface area contributed by atoms with Crippen LogP contribution in [-0.2, 0) is 0 Å². The fourth-order valence-corrected chi connectivity index (χ4v) is 4.73. The lowest BCUT2D eigenvalue weighted by molar-refractivity contribution is -0.385. The molecule has 0 saturated carbocycles. The van der Waals surface area contributed by atoms with Gasteiger partial charge in [0.05, 0.1) is 36.7 Å². The summed E-state index contributed by atoms with van der Waals surface area (Å²) < 4.78 is 6.41. The quantitative estimate of drug-likeness (QED) is 0.522. The Kier molecular flexibility index (Phi) is 5.06. The molecule has 1 N–H and O–H groups in total. The number of nitro benzene ring substituents is 1. The van der Waals surface area contributed by atoms with Crippen molar-refractivity contribution in [3.8, 4) is 5.75 Å². The molecule has 0 amide bonds. The van der Waals surface area contributed by atoms with Gasteiger partial charge in [0, 0.05) is 38.1 Å². The Morgan fingerprint density at radius 1 is 1.21 bits per heavy atom. The second kappa shape index (κ2) is 7.07. The number of nitrogens with one attached hydrogen (secondary N) is 1. The summed E-state index contributed by atoms with van der Waals surface area (Å²) in [6, 6.07) is 4.22. The molecule has 24 heavy (non-hydrogen) atoms. The largest absolute Gasteiger partial charge is 0.490 e. The van der Waals surface area contributed by atoms with Crippen LogP contribution in [0.25, 0.3) is 0 Å². The van der Waals surface area contributed by atoms with Crippen LogP contribution in [0.2, 0.25) is 0 Å². The summed E-state index contributed by atoms with van der Waals surface area (Å²) >= 11 is 0. The molecule has 6 nitrogen and oxygen atoms in total. The van der Waals surface area contributed by atoms with Gasteiger partial charge in [0.25, 0.3) is 0 Å². The molecule has 3 rings (SSSR count). The minimum atomic E-state index is -0.347. The predicted octanol–water partition coefficient (Wildman–Crippen LogP) is 3.16. The Balaban J connectivity index is 2.09. The van der Waals surface area contributed by atoms with Crippen molar-refractivity contribution in [2.75, 3.05) is 33.3 Å². The maximum absolute atomic E-state index is 11.3. The number of likely N-dealkylation sites (tertiary alicyclic amines) is 1. The van der Waals surface area contributed by atoms with Crippen molar-refractivity contribution in [3.05, 3.63) is 27.8 Å². The van der Waals surface area contributed by atoms with Crippen LogP contribution in [0.1, 0.15) is 37.7 Å². The van der Waals surface area contributed by atoms with E-state index in [1.54, 1.807) is 6.07 Å². The fourth-order valence-electron chi connectivity index (χ4n) is 4.73. The zero-order chi connectivity index (χ0) is 17.2. The number of hydrogen-bond acceptors (Lipinski definition) is 4. The van der Waals surface area contributed by atoms with E-state index in [0.29, 0.717) is 11.8 Å². The number of nitro groups is 1. The predicted molar refractivity (Wildman–Crippen MR) is 95.7 cm³/mol. The number of benzene rings is 1. The van der Waals surface area contributed by atoms with Crippen molar-refractivity contribution < 1.29 is 9.66 Å². The third-order valence-corrected chi connectivity index (χ3v) is 5.86. The van der Waals surface area contributed by atoms with Crippen LogP contribution in [0.3, 0.4) is 0 Å². The minimum absolute atomic E-state index is 0.0687. The van der Waals surface area contributed by atoms with Gasteiger partial charge in [-0.15, -0.1) is 0 Å². The molecule has 0 spiro atoms. The number of quaternary nitrogens is 1.